The summed E-state index contributed by atoms with van der Waals surface area (Å²) in [7, 11) is 0. The summed E-state index contributed by atoms with van der Waals surface area (Å²) in [6.45, 7) is 10.3. The number of hydrogen-bond donors (Lipinski definition) is 0. The molecular formula is C31H40N4O2. The standard InChI is InChI=1S/C31H40N4O2/c1-30(2)10-13-33(20-30)23-15-24(16-23)35-21-31(25-7-3-4-9-27(25)35)11-14-34(29(36)22-18-37-19-22)28(17-31)26-8-5-6-12-32-26/h3-9,12,22-24,28H,10-11,13-21H2,1-2H3. The molecule has 6 heteroatoms. The first-order valence-electron chi connectivity index (χ1n) is 14.3. The molecular weight excluding hydrogens is 460 g/mol. The van der Waals surface area contributed by atoms with Crippen LogP contribution in [0.25, 0.3) is 0 Å². The fraction of sp³-hybridized carbons (Fsp3) is 0.613. The maximum absolute atomic E-state index is 13.5. The number of benzene rings is 1. The molecule has 3 saturated heterocycles. The summed E-state index contributed by atoms with van der Waals surface area (Å²) in [4.78, 5) is 25.8. The normalized spacial score (nSPS) is 33.3. The molecule has 0 radical (unpaired) electrons. The van der Waals surface area contributed by atoms with Gasteiger partial charge in [0, 0.05) is 49.0 Å². The van der Waals surface area contributed by atoms with Gasteiger partial charge in [-0.15, -0.1) is 0 Å². The first kappa shape index (κ1) is 23.7. The van der Waals surface area contributed by atoms with E-state index >= 15 is 0 Å². The van der Waals surface area contributed by atoms with Crippen LogP contribution in [0, 0.1) is 11.3 Å². The molecule has 196 valence electrons. The lowest BCUT2D eigenvalue weighted by Crippen LogP contribution is -2.56. The first-order chi connectivity index (χ1) is 17.9. The van der Waals surface area contributed by atoms with Gasteiger partial charge in [-0.25, -0.2) is 0 Å². The SMILES string of the molecule is CC1(C)CCN(C2CC(N3CC4(CCN(C(=O)C5COC5)C(c5ccccn5)C4)c4ccccc43)C2)C1. The molecule has 2 aromatic rings. The minimum absolute atomic E-state index is 0.00935. The second-order valence-electron chi connectivity index (χ2n) is 13.1. The van der Waals surface area contributed by atoms with Crippen LogP contribution in [0.4, 0.5) is 5.69 Å². The van der Waals surface area contributed by atoms with E-state index in [-0.39, 0.29) is 23.3 Å². The molecule has 1 saturated carbocycles. The summed E-state index contributed by atoms with van der Waals surface area (Å²) < 4.78 is 5.37. The first-order valence-corrected chi connectivity index (χ1v) is 14.3. The summed E-state index contributed by atoms with van der Waals surface area (Å²) in [5.74, 6) is 0.255. The number of fused-ring (bicyclic) bond motifs is 2. The van der Waals surface area contributed by atoms with Crippen LogP contribution in [-0.4, -0.2) is 72.2 Å². The van der Waals surface area contributed by atoms with Crippen molar-refractivity contribution in [3.63, 3.8) is 0 Å². The summed E-state index contributed by atoms with van der Waals surface area (Å²) in [6.07, 6.45) is 7.69. The van der Waals surface area contributed by atoms with Gasteiger partial charge >= 0.3 is 0 Å². The number of carbonyl (C=O) groups excluding carboxylic acids is 1. The lowest BCUT2D eigenvalue weighted by molar-refractivity contribution is -0.155. The van der Waals surface area contributed by atoms with E-state index in [0.29, 0.717) is 24.7 Å². The Morgan fingerprint density at radius 2 is 1.78 bits per heavy atom. The number of anilines is 1. The van der Waals surface area contributed by atoms with Crippen LogP contribution in [0.2, 0.25) is 0 Å². The number of piperidine rings is 1. The van der Waals surface area contributed by atoms with Crippen molar-refractivity contribution in [2.75, 3.05) is 44.3 Å². The molecule has 7 rings (SSSR count). The second-order valence-corrected chi connectivity index (χ2v) is 13.1. The Morgan fingerprint density at radius 3 is 2.49 bits per heavy atom. The van der Waals surface area contributed by atoms with Gasteiger partial charge in [0.05, 0.1) is 30.9 Å². The van der Waals surface area contributed by atoms with Crippen LogP contribution < -0.4 is 4.90 Å². The van der Waals surface area contributed by atoms with E-state index < -0.39 is 0 Å². The van der Waals surface area contributed by atoms with Crippen molar-refractivity contribution in [1.29, 1.82) is 0 Å². The molecule has 2 unspecified atom stereocenters. The Bertz CT molecular complexity index is 1160. The highest BCUT2D eigenvalue weighted by Crippen LogP contribution is 2.53. The lowest BCUT2D eigenvalue weighted by atomic mass is 9.70. The van der Waals surface area contributed by atoms with Gasteiger partial charge in [0.15, 0.2) is 0 Å². The zero-order valence-corrected chi connectivity index (χ0v) is 22.3. The zero-order chi connectivity index (χ0) is 25.2. The monoisotopic (exact) mass is 500 g/mol. The maximum atomic E-state index is 13.5. The Morgan fingerprint density at radius 1 is 0.973 bits per heavy atom. The van der Waals surface area contributed by atoms with Gasteiger partial charge < -0.3 is 14.5 Å². The topological polar surface area (TPSA) is 48.9 Å². The molecule has 1 aromatic heterocycles. The number of nitrogens with zero attached hydrogens (tertiary/aromatic N) is 4. The smallest absolute Gasteiger partial charge is 0.230 e. The van der Waals surface area contributed by atoms with Crippen LogP contribution in [0.3, 0.4) is 0 Å². The minimum Gasteiger partial charge on any atom is -0.380 e. The fourth-order valence-corrected chi connectivity index (χ4v) is 7.75. The number of aromatic nitrogens is 1. The summed E-state index contributed by atoms with van der Waals surface area (Å²) >= 11 is 0. The van der Waals surface area contributed by atoms with Gasteiger partial charge in [-0.3, -0.25) is 14.7 Å². The Kier molecular flexibility index (Phi) is 5.63. The van der Waals surface area contributed by atoms with Crippen molar-refractivity contribution in [2.45, 2.75) is 69.5 Å². The number of likely N-dealkylation sites (tertiary alicyclic amines) is 2. The van der Waals surface area contributed by atoms with Crippen molar-refractivity contribution in [3.05, 3.63) is 59.9 Å². The minimum atomic E-state index is 0.00935. The summed E-state index contributed by atoms with van der Waals surface area (Å²) in [5.41, 5.74) is 4.46. The van der Waals surface area contributed by atoms with E-state index in [9.17, 15) is 4.79 Å². The molecule has 1 spiro atoms. The highest BCUT2D eigenvalue weighted by atomic mass is 16.5. The largest absolute Gasteiger partial charge is 0.380 e. The van der Waals surface area contributed by atoms with Crippen molar-refractivity contribution < 1.29 is 9.53 Å². The van der Waals surface area contributed by atoms with Gasteiger partial charge in [0.1, 0.15) is 0 Å². The Hall–Kier alpha value is -2.44. The molecule has 2 atom stereocenters. The van der Waals surface area contributed by atoms with Crippen LogP contribution in [0.15, 0.2) is 48.7 Å². The quantitative estimate of drug-likeness (QED) is 0.622. The van der Waals surface area contributed by atoms with E-state index in [1.54, 1.807) is 0 Å². The third-order valence-corrected chi connectivity index (χ3v) is 10.1. The molecule has 4 aliphatic heterocycles. The molecule has 6 nitrogen and oxygen atoms in total. The average Bonchev–Trinajstić information content (AvgIpc) is 3.35. The molecule has 5 heterocycles. The third kappa shape index (κ3) is 3.99. The number of hydrogen-bond acceptors (Lipinski definition) is 5. The molecule has 1 amide bonds. The average molecular weight is 501 g/mol. The van der Waals surface area contributed by atoms with Gasteiger partial charge in [-0.05, 0) is 67.8 Å². The van der Waals surface area contributed by atoms with Crippen molar-refractivity contribution in [1.82, 2.24) is 14.8 Å². The van der Waals surface area contributed by atoms with Crippen LogP contribution in [-0.2, 0) is 14.9 Å². The highest BCUT2D eigenvalue weighted by molar-refractivity contribution is 5.80. The number of para-hydroxylation sites is 1. The van der Waals surface area contributed by atoms with Crippen molar-refractivity contribution in [3.8, 4) is 0 Å². The molecule has 1 aliphatic carbocycles. The van der Waals surface area contributed by atoms with E-state index in [0.717, 1.165) is 37.7 Å². The second kappa shape index (κ2) is 8.81. The van der Waals surface area contributed by atoms with E-state index in [2.05, 4.69) is 64.9 Å². The highest BCUT2D eigenvalue weighted by Gasteiger charge is 2.53. The number of carbonyl (C=O) groups is 1. The van der Waals surface area contributed by atoms with Gasteiger partial charge in [-0.1, -0.05) is 38.1 Å². The van der Waals surface area contributed by atoms with Crippen LogP contribution in [0.1, 0.15) is 63.3 Å². The molecule has 5 aliphatic rings. The van der Waals surface area contributed by atoms with Crippen LogP contribution in [0.5, 0.6) is 0 Å². The molecule has 0 bridgehead atoms. The fourth-order valence-electron chi connectivity index (χ4n) is 7.75. The molecule has 4 fully saturated rings. The van der Waals surface area contributed by atoms with E-state index in [4.69, 9.17) is 9.72 Å². The number of amides is 1. The molecule has 37 heavy (non-hydrogen) atoms. The third-order valence-electron chi connectivity index (χ3n) is 10.1. The van der Waals surface area contributed by atoms with Crippen LogP contribution >= 0.6 is 0 Å². The number of rotatable bonds is 4. The lowest BCUT2D eigenvalue weighted by Gasteiger charge is -2.49. The van der Waals surface area contributed by atoms with E-state index in [1.807, 2.05) is 12.3 Å². The number of pyridine rings is 1. The Balaban J connectivity index is 1.14. The zero-order valence-electron chi connectivity index (χ0n) is 22.3. The van der Waals surface area contributed by atoms with Crippen molar-refractivity contribution >= 4 is 11.6 Å². The predicted molar refractivity (Wildman–Crippen MR) is 144 cm³/mol. The summed E-state index contributed by atoms with van der Waals surface area (Å²) in [5, 5.41) is 0. The maximum Gasteiger partial charge on any atom is 0.230 e. The van der Waals surface area contributed by atoms with E-state index in [1.165, 1.54) is 43.6 Å². The summed E-state index contributed by atoms with van der Waals surface area (Å²) in [6, 6.07) is 16.6. The molecule has 1 aromatic carbocycles. The molecule has 0 N–H and O–H groups in total. The van der Waals surface area contributed by atoms with Gasteiger partial charge in [0.2, 0.25) is 5.91 Å². The van der Waals surface area contributed by atoms with Gasteiger partial charge in [0.25, 0.3) is 0 Å². The van der Waals surface area contributed by atoms with Gasteiger partial charge in [-0.2, -0.15) is 0 Å². The predicted octanol–water partition coefficient (Wildman–Crippen LogP) is 4.41. The Labute approximate surface area is 221 Å². The number of ether oxygens (including phenoxy) is 1. The van der Waals surface area contributed by atoms with Crippen molar-refractivity contribution in [2.24, 2.45) is 11.3 Å².